The topological polar surface area (TPSA) is 52.6 Å². The van der Waals surface area contributed by atoms with Gasteiger partial charge in [0.2, 0.25) is 0 Å². The summed E-state index contributed by atoms with van der Waals surface area (Å²) in [6, 6.07) is 0. The maximum absolute atomic E-state index is 11.2. The van der Waals surface area contributed by atoms with Crippen molar-refractivity contribution in [1.82, 2.24) is 0 Å². The zero-order chi connectivity index (χ0) is 10.6. The maximum atomic E-state index is 11.2. The molecule has 0 spiro atoms. The van der Waals surface area contributed by atoms with Gasteiger partial charge in [-0.05, 0) is 13.8 Å². The number of carbonyl (C=O) groups excluding carboxylic acids is 1. The van der Waals surface area contributed by atoms with Gasteiger partial charge in [-0.2, -0.15) is 4.21 Å². The number of hydrogen-bond donors (Lipinski definition) is 0. The van der Waals surface area contributed by atoms with Gasteiger partial charge in [0, 0.05) is 0 Å². The highest BCUT2D eigenvalue weighted by Crippen LogP contribution is 2.24. The first-order valence-corrected chi connectivity index (χ1v) is 4.96. The number of ketones is 1. The molecule has 0 aliphatic carbocycles. The molecular formula is C8H16O4S. The third-order valence-electron chi connectivity index (χ3n) is 2.28. The van der Waals surface area contributed by atoms with Crippen LogP contribution in [0.4, 0.5) is 0 Å². The molecule has 0 aromatic rings. The second-order valence-electron chi connectivity index (χ2n) is 3.39. The summed E-state index contributed by atoms with van der Waals surface area (Å²) in [7, 11) is 1.28. The van der Waals surface area contributed by atoms with E-state index in [1.165, 1.54) is 14.0 Å². The summed E-state index contributed by atoms with van der Waals surface area (Å²) in [5, 5.41) is 0. The molecule has 78 valence electrons. The van der Waals surface area contributed by atoms with Crippen molar-refractivity contribution in [2.45, 2.75) is 33.8 Å². The third kappa shape index (κ3) is 3.54. The Morgan fingerprint density at radius 1 is 1.46 bits per heavy atom. The zero-order valence-corrected chi connectivity index (χ0v) is 9.44. The van der Waals surface area contributed by atoms with Crippen LogP contribution in [0, 0.1) is 5.41 Å². The molecule has 13 heavy (non-hydrogen) atoms. The fourth-order valence-electron chi connectivity index (χ4n) is 0.564. The molecule has 0 aromatic heterocycles. The lowest BCUT2D eigenvalue weighted by Gasteiger charge is -2.27. The standard InChI is InChI=1S/C8H16O4S/c1-6(9)8(3,4)7(2)12-13(10)11-5/h7H,1-5H3. The minimum absolute atomic E-state index is 0.00639. The Labute approximate surface area is 81.5 Å². The van der Waals surface area contributed by atoms with Crippen LogP contribution in [0.1, 0.15) is 27.7 Å². The second kappa shape index (κ2) is 4.83. The molecular weight excluding hydrogens is 192 g/mol. The number of rotatable bonds is 5. The van der Waals surface area contributed by atoms with Gasteiger partial charge in [0.05, 0.1) is 18.6 Å². The van der Waals surface area contributed by atoms with Crippen molar-refractivity contribution in [2.24, 2.45) is 5.41 Å². The zero-order valence-electron chi connectivity index (χ0n) is 8.62. The van der Waals surface area contributed by atoms with Gasteiger partial charge in [0.25, 0.3) is 0 Å². The minimum Gasteiger partial charge on any atom is -0.299 e. The van der Waals surface area contributed by atoms with Gasteiger partial charge in [-0.15, -0.1) is 0 Å². The van der Waals surface area contributed by atoms with Crippen LogP contribution in [0.15, 0.2) is 0 Å². The summed E-state index contributed by atoms with van der Waals surface area (Å²) in [6.45, 7) is 6.66. The molecule has 0 aromatic carbocycles. The summed E-state index contributed by atoms with van der Waals surface area (Å²) in [4.78, 5) is 11.2. The SMILES string of the molecule is COS(=O)OC(C)C(C)(C)C(C)=O. The highest BCUT2D eigenvalue weighted by molar-refractivity contribution is 7.75. The fourth-order valence-corrected chi connectivity index (χ4v) is 1.12. The summed E-state index contributed by atoms with van der Waals surface area (Å²) >= 11 is -1.77. The van der Waals surface area contributed by atoms with Gasteiger partial charge >= 0.3 is 11.4 Å². The van der Waals surface area contributed by atoms with Crippen molar-refractivity contribution < 1.29 is 17.4 Å². The predicted octanol–water partition coefficient (Wildman–Crippen LogP) is 1.23. The lowest BCUT2D eigenvalue weighted by molar-refractivity contribution is -0.128. The van der Waals surface area contributed by atoms with Gasteiger partial charge in [-0.1, -0.05) is 13.8 Å². The summed E-state index contributed by atoms with van der Waals surface area (Å²) < 4.78 is 20.2. The van der Waals surface area contributed by atoms with Crippen LogP contribution >= 0.6 is 0 Å². The molecule has 0 radical (unpaired) electrons. The Hall–Kier alpha value is -0.260. The average Bonchev–Trinajstić information content (AvgIpc) is 2.03. The molecule has 0 bridgehead atoms. The van der Waals surface area contributed by atoms with Crippen LogP contribution in [-0.2, 0) is 24.5 Å². The van der Waals surface area contributed by atoms with E-state index in [9.17, 15) is 9.00 Å². The molecule has 0 saturated carbocycles. The summed E-state index contributed by atoms with van der Waals surface area (Å²) in [5.74, 6) is -0.00639. The highest BCUT2D eigenvalue weighted by atomic mass is 32.2. The first-order valence-electron chi connectivity index (χ1n) is 3.96. The number of Topliss-reactive ketones (excluding diaryl/α,β-unsaturated/α-hetero) is 1. The van der Waals surface area contributed by atoms with Crippen molar-refractivity contribution in [3.05, 3.63) is 0 Å². The summed E-state index contributed by atoms with van der Waals surface area (Å²) in [6.07, 6.45) is -0.439. The lowest BCUT2D eigenvalue weighted by atomic mass is 9.84. The highest BCUT2D eigenvalue weighted by Gasteiger charge is 2.33. The first kappa shape index (κ1) is 12.7. The van der Waals surface area contributed by atoms with E-state index >= 15 is 0 Å². The van der Waals surface area contributed by atoms with Gasteiger partial charge in [0.1, 0.15) is 5.78 Å². The van der Waals surface area contributed by atoms with Gasteiger partial charge < -0.3 is 0 Å². The Morgan fingerprint density at radius 3 is 2.23 bits per heavy atom. The molecule has 0 rings (SSSR count). The van der Waals surface area contributed by atoms with Crippen LogP contribution < -0.4 is 0 Å². The van der Waals surface area contributed by atoms with Crippen LogP contribution in [0.2, 0.25) is 0 Å². The third-order valence-corrected chi connectivity index (χ3v) is 3.00. The predicted molar refractivity (Wildman–Crippen MR) is 50.2 cm³/mol. The normalized spacial score (nSPS) is 16.7. The van der Waals surface area contributed by atoms with Crippen molar-refractivity contribution in [2.75, 3.05) is 7.11 Å². The van der Waals surface area contributed by atoms with Crippen LogP contribution in [0.3, 0.4) is 0 Å². The Kier molecular flexibility index (Phi) is 4.74. The minimum atomic E-state index is -1.77. The number of carbonyl (C=O) groups is 1. The maximum Gasteiger partial charge on any atom is 0.304 e. The van der Waals surface area contributed by atoms with E-state index in [-0.39, 0.29) is 5.78 Å². The summed E-state index contributed by atoms with van der Waals surface area (Å²) in [5.41, 5.74) is -0.645. The van der Waals surface area contributed by atoms with Crippen molar-refractivity contribution in [3.63, 3.8) is 0 Å². The molecule has 0 aliphatic heterocycles. The molecule has 0 amide bonds. The second-order valence-corrected chi connectivity index (χ2v) is 4.32. The van der Waals surface area contributed by atoms with E-state index in [0.29, 0.717) is 0 Å². The molecule has 0 heterocycles. The van der Waals surface area contributed by atoms with Crippen molar-refractivity contribution in [3.8, 4) is 0 Å². The molecule has 0 fully saturated rings. The Bertz CT molecular complexity index is 212. The molecule has 4 nitrogen and oxygen atoms in total. The average molecular weight is 208 g/mol. The molecule has 0 N–H and O–H groups in total. The van der Waals surface area contributed by atoms with Crippen LogP contribution in [0.25, 0.3) is 0 Å². The Morgan fingerprint density at radius 2 is 1.92 bits per heavy atom. The van der Waals surface area contributed by atoms with Crippen LogP contribution in [0.5, 0.6) is 0 Å². The van der Waals surface area contributed by atoms with Crippen molar-refractivity contribution >= 4 is 17.1 Å². The van der Waals surface area contributed by atoms with Gasteiger partial charge in [-0.25, -0.2) is 0 Å². The fraction of sp³-hybridized carbons (Fsp3) is 0.875. The van der Waals surface area contributed by atoms with E-state index < -0.39 is 22.9 Å². The van der Waals surface area contributed by atoms with Gasteiger partial charge in [-0.3, -0.25) is 13.2 Å². The largest absolute Gasteiger partial charge is 0.304 e. The van der Waals surface area contributed by atoms with Crippen LogP contribution in [-0.4, -0.2) is 23.2 Å². The van der Waals surface area contributed by atoms with Crippen molar-refractivity contribution in [1.29, 1.82) is 0 Å². The number of hydrogen-bond acceptors (Lipinski definition) is 4. The Balaban J connectivity index is 4.33. The van der Waals surface area contributed by atoms with Gasteiger partial charge in [0.15, 0.2) is 0 Å². The molecule has 2 atom stereocenters. The molecule has 0 aliphatic rings. The van der Waals surface area contributed by atoms with E-state index in [0.717, 1.165) is 0 Å². The molecule has 0 saturated heterocycles. The first-order chi connectivity index (χ1) is 5.82. The van der Waals surface area contributed by atoms with E-state index in [1.54, 1.807) is 20.8 Å². The van der Waals surface area contributed by atoms with E-state index in [4.69, 9.17) is 4.18 Å². The monoisotopic (exact) mass is 208 g/mol. The van der Waals surface area contributed by atoms with E-state index in [2.05, 4.69) is 4.18 Å². The molecule has 2 unspecified atom stereocenters. The van der Waals surface area contributed by atoms with E-state index in [1.807, 2.05) is 0 Å². The lowest BCUT2D eigenvalue weighted by Crippen LogP contribution is -2.36. The smallest absolute Gasteiger partial charge is 0.299 e. The molecule has 5 heteroatoms. The quantitative estimate of drug-likeness (QED) is 0.682.